The van der Waals surface area contributed by atoms with Gasteiger partial charge in [0.05, 0.1) is 6.04 Å². The number of anilines is 2. The van der Waals surface area contributed by atoms with E-state index in [4.69, 9.17) is 0 Å². The quantitative estimate of drug-likeness (QED) is 0.154. The zero-order valence-electron chi connectivity index (χ0n) is 32.4. The van der Waals surface area contributed by atoms with Gasteiger partial charge in [0.2, 0.25) is 0 Å². The largest absolute Gasteiger partial charge is 0.333 e. The highest BCUT2D eigenvalue weighted by molar-refractivity contribution is 6.22. The summed E-state index contributed by atoms with van der Waals surface area (Å²) in [5.41, 5.74) is 15.9. The van der Waals surface area contributed by atoms with Crippen LogP contribution in [0, 0.1) is 0 Å². The van der Waals surface area contributed by atoms with Crippen molar-refractivity contribution >= 4 is 32.9 Å². The van der Waals surface area contributed by atoms with Crippen LogP contribution in [0.15, 0.2) is 224 Å². The van der Waals surface area contributed by atoms with Crippen molar-refractivity contribution in [2.24, 2.45) is 0 Å². The van der Waals surface area contributed by atoms with Crippen LogP contribution < -0.4 is 4.90 Å². The highest BCUT2D eigenvalue weighted by Gasteiger charge is 2.46. The minimum atomic E-state index is -0.164. The minimum absolute atomic E-state index is 0.164. The van der Waals surface area contributed by atoms with Crippen molar-refractivity contribution < 1.29 is 0 Å². The van der Waals surface area contributed by atoms with E-state index in [9.17, 15) is 0 Å². The van der Waals surface area contributed by atoms with Crippen molar-refractivity contribution in [3.63, 3.8) is 0 Å². The molecule has 1 heterocycles. The summed E-state index contributed by atoms with van der Waals surface area (Å²) in [5, 5.41) is 5.00. The molecule has 9 aromatic rings. The smallest absolute Gasteiger partial charge is 0.0655 e. The van der Waals surface area contributed by atoms with Crippen LogP contribution in [-0.2, 0) is 5.41 Å². The van der Waals surface area contributed by atoms with Crippen molar-refractivity contribution in [2.45, 2.75) is 18.4 Å². The monoisotopic (exact) mass is 739 g/mol. The normalized spacial score (nSPS) is 16.8. The van der Waals surface area contributed by atoms with E-state index in [1.54, 1.807) is 0 Å². The fourth-order valence-electron chi connectivity index (χ4n) is 9.67. The lowest BCUT2D eigenvalue weighted by Gasteiger charge is -2.34. The molecule has 0 N–H and O–H groups in total. The molecule has 274 valence electrons. The summed E-state index contributed by atoms with van der Waals surface area (Å²) in [6.07, 6.45) is 9.17. The summed E-state index contributed by atoms with van der Waals surface area (Å²) < 4.78 is 0. The van der Waals surface area contributed by atoms with Crippen LogP contribution in [0.4, 0.5) is 11.4 Å². The summed E-state index contributed by atoms with van der Waals surface area (Å²) in [6.45, 7) is 2.39. The average molecular weight is 740 g/mol. The molecule has 1 aliphatic carbocycles. The van der Waals surface area contributed by atoms with Gasteiger partial charge in [0, 0.05) is 16.8 Å². The molecule has 0 aromatic heterocycles. The maximum Gasteiger partial charge on any atom is 0.0655 e. The standard InChI is InChI=1S/C57H41N/c1-57-34-14-13-29-54(57)58(47-25-9-4-10-26-47)53-33-31-44(38-52(53)57)43-30-32-50-51(37-43)56(46-24-16-22-42(36-46)40-19-7-3-8-20-40)49-28-12-11-27-48(49)55(50)45-23-15-21-41(35-45)39-17-5-2-6-18-39/h2-38,54H,1H3. The molecule has 1 nitrogen and oxygen atoms in total. The molecule has 1 aliphatic heterocycles. The van der Waals surface area contributed by atoms with E-state index in [0.29, 0.717) is 0 Å². The van der Waals surface area contributed by atoms with Gasteiger partial charge in [0.25, 0.3) is 0 Å². The molecule has 0 saturated heterocycles. The van der Waals surface area contributed by atoms with E-state index in [1.807, 2.05) is 0 Å². The molecule has 0 bridgehead atoms. The van der Waals surface area contributed by atoms with Crippen LogP contribution >= 0.6 is 0 Å². The lowest BCUT2D eigenvalue weighted by atomic mass is 9.75. The van der Waals surface area contributed by atoms with Gasteiger partial charge in [0.15, 0.2) is 0 Å². The van der Waals surface area contributed by atoms with E-state index in [-0.39, 0.29) is 11.5 Å². The van der Waals surface area contributed by atoms with Crippen LogP contribution in [-0.4, -0.2) is 6.04 Å². The van der Waals surface area contributed by atoms with Gasteiger partial charge in [-0.15, -0.1) is 0 Å². The van der Waals surface area contributed by atoms with Crippen molar-refractivity contribution in [1.82, 2.24) is 0 Å². The minimum Gasteiger partial charge on any atom is -0.333 e. The number of nitrogens with zero attached hydrogens (tertiary/aromatic N) is 1. The first-order valence-electron chi connectivity index (χ1n) is 20.3. The second-order valence-electron chi connectivity index (χ2n) is 15.9. The van der Waals surface area contributed by atoms with Crippen LogP contribution in [0.2, 0.25) is 0 Å². The van der Waals surface area contributed by atoms with Gasteiger partial charge in [-0.25, -0.2) is 0 Å². The molecule has 0 amide bonds. The second-order valence-corrected chi connectivity index (χ2v) is 15.9. The summed E-state index contributed by atoms with van der Waals surface area (Å²) in [4.78, 5) is 2.51. The predicted octanol–water partition coefficient (Wildman–Crippen LogP) is 15.2. The highest BCUT2D eigenvalue weighted by Crippen LogP contribution is 2.53. The Bertz CT molecular complexity index is 3070. The van der Waals surface area contributed by atoms with E-state index in [1.165, 1.54) is 94.1 Å². The summed E-state index contributed by atoms with van der Waals surface area (Å²) in [6, 6.07) is 73.9. The number of rotatable bonds is 6. The number of hydrogen-bond donors (Lipinski definition) is 0. The van der Waals surface area contributed by atoms with Gasteiger partial charge in [-0.2, -0.15) is 0 Å². The molecular formula is C57H41N. The van der Waals surface area contributed by atoms with Crippen LogP contribution in [0.3, 0.4) is 0 Å². The van der Waals surface area contributed by atoms with Gasteiger partial charge < -0.3 is 4.90 Å². The molecule has 0 spiro atoms. The van der Waals surface area contributed by atoms with Crippen LogP contribution in [0.25, 0.3) is 77.2 Å². The Balaban J connectivity index is 1.16. The van der Waals surface area contributed by atoms with E-state index < -0.39 is 0 Å². The zero-order chi connectivity index (χ0) is 38.6. The topological polar surface area (TPSA) is 3.24 Å². The SMILES string of the molecule is CC12C=CC=CC1N(c1ccccc1)c1ccc(-c3ccc4c(-c5cccc(-c6ccccc6)c5)c5ccccc5c(-c5cccc(-c6ccccc6)c5)c4c3)cc12. The van der Waals surface area contributed by atoms with Crippen LogP contribution in [0.5, 0.6) is 0 Å². The Kier molecular flexibility index (Phi) is 8.08. The van der Waals surface area contributed by atoms with Gasteiger partial charge in [0.1, 0.15) is 0 Å². The molecule has 0 fully saturated rings. The van der Waals surface area contributed by atoms with E-state index >= 15 is 0 Å². The van der Waals surface area contributed by atoms with Crippen molar-refractivity contribution in [3.8, 4) is 55.6 Å². The zero-order valence-corrected chi connectivity index (χ0v) is 32.4. The first-order valence-corrected chi connectivity index (χ1v) is 20.3. The Morgan fingerprint density at radius 1 is 0.379 bits per heavy atom. The molecule has 2 atom stereocenters. The van der Waals surface area contributed by atoms with Crippen LogP contribution in [0.1, 0.15) is 12.5 Å². The average Bonchev–Trinajstić information content (AvgIpc) is 3.56. The molecular weight excluding hydrogens is 699 g/mol. The third kappa shape index (κ3) is 5.54. The third-order valence-corrected chi connectivity index (χ3v) is 12.5. The maximum absolute atomic E-state index is 2.51. The Hall–Kier alpha value is -7.22. The van der Waals surface area contributed by atoms with Gasteiger partial charge in [-0.05, 0) is 132 Å². The lowest BCUT2D eigenvalue weighted by molar-refractivity contribution is 0.551. The summed E-state index contributed by atoms with van der Waals surface area (Å²) >= 11 is 0. The molecule has 9 aromatic carbocycles. The molecule has 0 radical (unpaired) electrons. The first kappa shape index (κ1) is 34.1. The fourth-order valence-corrected chi connectivity index (χ4v) is 9.67. The number of benzene rings is 9. The number of fused-ring (bicyclic) bond motifs is 5. The molecule has 58 heavy (non-hydrogen) atoms. The molecule has 11 rings (SSSR count). The van der Waals surface area contributed by atoms with Crippen molar-refractivity contribution in [1.29, 1.82) is 0 Å². The summed E-state index contributed by atoms with van der Waals surface area (Å²) in [7, 11) is 0. The molecule has 1 heteroatoms. The number of allylic oxidation sites excluding steroid dienone is 2. The number of para-hydroxylation sites is 1. The second kappa shape index (κ2) is 13.8. The Labute approximate surface area is 340 Å². The highest BCUT2D eigenvalue weighted by atomic mass is 15.2. The third-order valence-electron chi connectivity index (χ3n) is 12.5. The van der Waals surface area contributed by atoms with Crippen molar-refractivity contribution in [2.75, 3.05) is 4.90 Å². The first-order chi connectivity index (χ1) is 28.6. The lowest BCUT2D eigenvalue weighted by Crippen LogP contribution is -2.39. The van der Waals surface area contributed by atoms with Crippen molar-refractivity contribution in [3.05, 3.63) is 230 Å². The maximum atomic E-state index is 2.51. The summed E-state index contributed by atoms with van der Waals surface area (Å²) in [5.74, 6) is 0. The van der Waals surface area contributed by atoms with Gasteiger partial charge in [-0.1, -0.05) is 182 Å². The van der Waals surface area contributed by atoms with E-state index in [2.05, 4.69) is 236 Å². The molecule has 2 aliphatic rings. The number of hydrogen-bond acceptors (Lipinski definition) is 1. The Morgan fingerprint density at radius 2 is 0.862 bits per heavy atom. The fraction of sp³-hybridized carbons (Fsp3) is 0.0526. The predicted molar refractivity (Wildman–Crippen MR) is 247 cm³/mol. The van der Waals surface area contributed by atoms with E-state index in [0.717, 1.165) is 0 Å². The Morgan fingerprint density at radius 3 is 1.50 bits per heavy atom. The molecule has 0 saturated carbocycles. The van der Waals surface area contributed by atoms with Gasteiger partial charge >= 0.3 is 0 Å². The molecule has 2 unspecified atom stereocenters. The van der Waals surface area contributed by atoms with Gasteiger partial charge in [-0.3, -0.25) is 0 Å².